The summed E-state index contributed by atoms with van der Waals surface area (Å²) in [6.07, 6.45) is 6.40. The van der Waals surface area contributed by atoms with E-state index in [1.54, 1.807) is 0 Å². The van der Waals surface area contributed by atoms with Gasteiger partial charge in [0.2, 0.25) is 0 Å². The molecule has 0 spiro atoms. The summed E-state index contributed by atoms with van der Waals surface area (Å²) in [7, 11) is 0. The highest BCUT2D eigenvalue weighted by Gasteiger charge is 2.34. The van der Waals surface area contributed by atoms with Crippen molar-refractivity contribution >= 4 is 10.9 Å². The molecule has 2 atom stereocenters. The highest BCUT2D eigenvalue weighted by molar-refractivity contribution is 5.81. The van der Waals surface area contributed by atoms with E-state index in [0.717, 1.165) is 38.1 Å². The molecular weight excluding hydrogens is 332 g/mol. The van der Waals surface area contributed by atoms with E-state index in [4.69, 9.17) is 4.74 Å². The summed E-state index contributed by atoms with van der Waals surface area (Å²) in [4.78, 5) is 7.24. The highest BCUT2D eigenvalue weighted by Crippen LogP contribution is 2.31. The van der Waals surface area contributed by atoms with Crippen LogP contribution >= 0.6 is 0 Å². The van der Waals surface area contributed by atoms with Gasteiger partial charge in [-0.1, -0.05) is 66.2 Å². The van der Waals surface area contributed by atoms with Crippen LogP contribution in [-0.2, 0) is 17.7 Å². The molecule has 0 N–H and O–H groups in total. The van der Waals surface area contributed by atoms with Crippen molar-refractivity contribution in [2.75, 3.05) is 13.2 Å². The van der Waals surface area contributed by atoms with Crippen LogP contribution in [0.1, 0.15) is 17.5 Å². The molecule has 27 heavy (non-hydrogen) atoms. The van der Waals surface area contributed by atoms with Gasteiger partial charge in [-0.2, -0.15) is 0 Å². The predicted octanol–water partition coefficient (Wildman–Crippen LogP) is 4.38. The van der Waals surface area contributed by atoms with E-state index >= 15 is 0 Å². The maximum absolute atomic E-state index is 5.87. The fourth-order valence-corrected chi connectivity index (χ4v) is 4.48. The van der Waals surface area contributed by atoms with Gasteiger partial charge in [-0.25, -0.2) is 0 Å². The Morgan fingerprint density at radius 3 is 2.74 bits per heavy atom. The van der Waals surface area contributed by atoms with Crippen molar-refractivity contribution in [3.8, 4) is 0 Å². The Morgan fingerprint density at radius 2 is 1.85 bits per heavy atom. The maximum atomic E-state index is 5.87. The maximum Gasteiger partial charge on any atom is 0.0737 e. The van der Waals surface area contributed by atoms with E-state index in [1.807, 2.05) is 12.3 Å². The van der Waals surface area contributed by atoms with Crippen molar-refractivity contribution in [1.82, 2.24) is 9.88 Å². The van der Waals surface area contributed by atoms with Crippen molar-refractivity contribution in [1.29, 1.82) is 0 Å². The van der Waals surface area contributed by atoms with E-state index in [9.17, 15) is 0 Å². The number of rotatable bonds is 4. The Labute approximate surface area is 160 Å². The number of hydrogen-bond acceptors (Lipinski definition) is 3. The molecule has 3 nitrogen and oxygen atoms in total. The lowest BCUT2D eigenvalue weighted by Gasteiger charge is -2.45. The molecule has 3 heterocycles. The van der Waals surface area contributed by atoms with Gasteiger partial charge in [0.15, 0.2) is 0 Å². The zero-order chi connectivity index (χ0) is 18.1. The zero-order valence-electron chi connectivity index (χ0n) is 15.4. The first-order valence-electron chi connectivity index (χ1n) is 9.76. The quantitative estimate of drug-likeness (QED) is 0.649. The summed E-state index contributed by atoms with van der Waals surface area (Å²) in [6.45, 7) is 2.62. The van der Waals surface area contributed by atoms with Crippen LogP contribution in [0.5, 0.6) is 0 Å². The zero-order valence-corrected chi connectivity index (χ0v) is 15.4. The van der Waals surface area contributed by atoms with Gasteiger partial charge < -0.3 is 4.74 Å². The average molecular weight is 356 g/mol. The van der Waals surface area contributed by atoms with Gasteiger partial charge in [0, 0.05) is 24.2 Å². The molecule has 0 saturated carbocycles. The Kier molecular flexibility index (Phi) is 4.48. The lowest BCUT2D eigenvalue weighted by molar-refractivity contribution is -0.0440. The summed E-state index contributed by atoms with van der Waals surface area (Å²) in [5.41, 5.74) is 5.36. The third kappa shape index (κ3) is 3.41. The second-order valence-corrected chi connectivity index (χ2v) is 7.61. The monoisotopic (exact) mass is 356 g/mol. The van der Waals surface area contributed by atoms with Crippen molar-refractivity contribution in [3.63, 3.8) is 0 Å². The minimum absolute atomic E-state index is 0.371. The van der Waals surface area contributed by atoms with Gasteiger partial charge in [-0.15, -0.1) is 0 Å². The highest BCUT2D eigenvalue weighted by atomic mass is 16.5. The van der Waals surface area contributed by atoms with Crippen molar-refractivity contribution in [2.45, 2.75) is 31.5 Å². The molecule has 1 fully saturated rings. The molecule has 2 aliphatic rings. The first-order valence-corrected chi connectivity index (χ1v) is 9.76. The average Bonchev–Trinajstić information content (AvgIpc) is 2.70. The lowest BCUT2D eigenvalue weighted by Crippen LogP contribution is -2.53. The van der Waals surface area contributed by atoms with Gasteiger partial charge in [0.05, 0.1) is 24.8 Å². The van der Waals surface area contributed by atoms with Gasteiger partial charge in [-0.3, -0.25) is 9.88 Å². The molecule has 2 aliphatic heterocycles. The summed E-state index contributed by atoms with van der Waals surface area (Å²) in [6, 6.07) is 22.3. The fraction of sp³-hybridized carbons (Fsp3) is 0.292. The number of para-hydroxylation sites is 1. The number of ether oxygens (including phenoxy) is 1. The first-order chi connectivity index (χ1) is 13.4. The number of fused-ring (bicyclic) bond motifs is 3. The third-order valence-corrected chi connectivity index (χ3v) is 5.76. The molecular formula is C24H24N2O. The van der Waals surface area contributed by atoms with Gasteiger partial charge >= 0.3 is 0 Å². The number of pyridine rings is 1. The number of benzene rings is 2. The van der Waals surface area contributed by atoms with Crippen molar-refractivity contribution in [3.05, 3.63) is 89.6 Å². The minimum atomic E-state index is 0.371. The van der Waals surface area contributed by atoms with Crippen LogP contribution in [0.2, 0.25) is 0 Å². The smallest absolute Gasteiger partial charge is 0.0737 e. The molecule has 2 bridgehead atoms. The second kappa shape index (κ2) is 7.26. The molecule has 1 aromatic heterocycles. The molecule has 2 aromatic carbocycles. The Morgan fingerprint density at radius 1 is 0.963 bits per heavy atom. The van der Waals surface area contributed by atoms with Crippen LogP contribution in [0.25, 0.3) is 10.9 Å². The summed E-state index contributed by atoms with van der Waals surface area (Å²) >= 11 is 0. The summed E-state index contributed by atoms with van der Waals surface area (Å²) in [5, 5.41) is 1.22. The molecule has 5 rings (SSSR count). The number of hydrogen-bond donors (Lipinski definition) is 0. The molecule has 3 aromatic rings. The SMILES string of the molecule is C1=C(Cc2cccc3cccnc23)CC2COCC1N2Cc1ccccc1. The first kappa shape index (κ1) is 16.7. The minimum Gasteiger partial charge on any atom is -0.378 e. The summed E-state index contributed by atoms with van der Waals surface area (Å²) < 4.78 is 5.87. The molecule has 136 valence electrons. The topological polar surface area (TPSA) is 25.4 Å². The van der Waals surface area contributed by atoms with Gasteiger partial charge in [0.1, 0.15) is 0 Å². The van der Waals surface area contributed by atoms with E-state index < -0.39 is 0 Å². The number of morpholine rings is 1. The Balaban J connectivity index is 1.40. The van der Waals surface area contributed by atoms with Crippen LogP contribution in [-0.4, -0.2) is 35.2 Å². The third-order valence-electron chi connectivity index (χ3n) is 5.76. The summed E-state index contributed by atoms with van der Waals surface area (Å²) in [5.74, 6) is 0. The van der Waals surface area contributed by atoms with E-state index in [2.05, 4.69) is 70.6 Å². The van der Waals surface area contributed by atoms with Crippen molar-refractivity contribution < 1.29 is 4.74 Å². The standard InChI is InChI=1S/C24H24N2O/c1-2-6-18(7-3-1)15-26-22-13-19(14-23(26)17-27-16-22)12-21-9-4-8-20-10-5-11-25-24(20)21/h1-11,13,22-23H,12,14-17H2. The molecule has 0 radical (unpaired) electrons. The van der Waals surface area contributed by atoms with Crippen molar-refractivity contribution in [2.24, 2.45) is 0 Å². The van der Waals surface area contributed by atoms with Crippen LogP contribution in [0.15, 0.2) is 78.5 Å². The Bertz CT molecular complexity index is 961. The van der Waals surface area contributed by atoms with E-state index in [1.165, 1.54) is 22.1 Å². The number of nitrogens with zero attached hydrogens (tertiary/aromatic N) is 2. The lowest BCUT2D eigenvalue weighted by atomic mass is 9.89. The second-order valence-electron chi connectivity index (χ2n) is 7.61. The normalized spacial score (nSPS) is 22.6. The molecule has 1 saturated heterocycles. The van der Waals surface area contributed by atoms with Crippen LogP contribution < -0.4 is 0 Å². The predicted molar refractivity (Wildman–Crippen MR) is 109 cm³/mol. The Hall–Kier alpha value is -2.49. The fourth-order valence-electron chi connectivity index (χ4n) is 4.48. The number of aromatic nitrogens is 1. The molecule has 0 aliphatic carbocycles. The van der Waals surface area contributed by atoms with Crippen LogP contribution in [0.3, 0.4) is 0 Å². The van der Waals surface area contributed by atoms with Crippen LogP contribution in [0.4, 0.5) is 0 Å². The van der Waals surface area contributed by atoms with E-state index in [0.29, 0.717) is 12.1 Å². The molecule has 0 amide bonds. The molecule has 2 unspecified atom stereocenters. The largest absolute Gasteiger partial charge is 0.378 e. The van der Waals surface area contributed by atoms with Gasteiger partial charge in [-0.05, 0) is 30.0 Å². The van der Waals surface area contributed by atoms with Crippen LogP contribution in [0, 0.1) is 0 Å². The molecule has 3 heteroatoms. The van der Waals surface area contributed by atoms with Gasteiger partial charge in [0.25, 0.3) is 0 Å². The van der Waals surface area contributed by atoms with E-state index in [-0.39, 0.29) is 0 Å².